The maximum Gasteiger partial charge on any atom is 0.338 e. The lowest BCUT2D eigenvalue weighted by Crippen LogP contribution is -2.25. The molecule has 0 spiro atoms. The molecule has 1 aliphatic rings. The third kappa shape index (κ3) is 4.70. The van der Waals surface area contributed by atoms with Crippen LogP contribution in [0.1, 0.15) is 44.3 Å². The van der Waals surface area contributed by atoms with Gasteiger partial charge in [0.25, 0.3) is 0 Å². The number of aliphatic imine (C=N–C) groups is 1. The number of aliphatic hydroxyl groups excluding tert-OH is 1. The van der Waals surface area contributed by atoms with Crippen LogP contribution in [0.2, 0.25) is 0 Å². The van der Waals surface area contributed by atoms with Crippen LogP contribution in [-0.4, -0.2) is 35.4 Å². The maximum atomic E-state index is 11.6. The number of nitrogens with zero attached hydrogens (tertiary/aromatic N) is 2. The van der Waals surface area contributed by atoms with Crippen LogP contribution in [0.3, 0.4) is 0 Å². The fraction of sp³-hybridized carbons (Fsp3) is 0.318. The highest BCUT2D eigenvalue weighted by Crippen LogP contribution is 2.28. The van der Waals surface area contributed by atoms with Crippen molar-refractivity contribution in [2.75, 3.05) is 13.1 Å². The van der Waals surface area contributed by atoms with E-state index >= 15 is 0 Å². The van der Waals surface area contributed by atoms with Gasteiger partial charge in [0.15, 0.2) is 5.82 Å². The van der Waals surface area contributed by atoms with Crippen molar-refractivity contribution in [2.45, 2.75) is 33.5 Å². The molecule has 7 nitrogen and oxygen atoms in total. The third-order valence-corrected chi connectivity index (χ3v) is 4.99. The van der Waals surface area contributed by atoms with E-state index in [1.54, 1.807) is 24.5 Å². The zero-order chi connectivity index (χ0) is 21.0. The second-order valence-corrected chi connectivity index (χ2v) is 7.18. The predicted octanol–water partition coefficient (Wildman–Crippen LogP) is 2.55. The second-order valence-electron chi connectivity index (χ2n) is 7.18. The Morgan fingerprint density at radius 2 is 2.21 bits per heavy atom. The van der Waals surface area contributed by atoms with Gasteiger partial charge in [-0.05, 0) is 60.9 Å². The van der Waals surface area contributed by atoms with E-state index in [0.29, 0.717) is 24.5 Å². The second kappa shape index (κ2) is 8.98. The van der Waals surface area contributed by atoms with E-state index in [0.717, 1.165) is 33.4 Å². The first-order valence-electron chi connectivity index (χ1n) is 9.47. The molecule has 0 amide bonds. The molecule has 0 saturated carbocycles. The van der Waals surface area contributed by atoms with Gasteiger partial charge in [-0.15, -0.1) is 0 Å². The normalized spacial score (nSPS) is 14.9. The number of rotatable bonds is 7. The van der Waals surface area contributed by atoms with Crippen molar-refractivity contribution >= 4 is 18.0 Å². The van der Waals surface area contributed by atoms with Gasteiger partial charge in [0.2, 0.25) is 0 Å². The Bertz CT molecular complexity index is 982. The van der Waals surface area contributed by atoms with Crippen LogP contribution < -0.4 is 11.1 Å². The van der Waals surface area contributed by atoms with Crippen molar-refractivity contribution in [1.82, 2.24) is 10.3 Å². The van der Waals surface area contributed by atoms with Crippen molar-refractivity contribution < 1.29 is 14.6 Å². The first kappa shape index (κ1) is 20.7. The minimum Gasteiger partial charge on any atom is -0.457 e. The van der Waals surface area contributed by atoms with Crippen molar-refractivity contribution in [3.8, 4) is 0 Å². The molecule has 4 N–H and O–H groups in total. The highest BCUT2D eigenvalue weighted by atomic mass is 16.5. The molecule has 0 radical (unpaired) electrons. The molecule has 1 aromatic heterocycles. The summed E-state index contributed by atoms with van der Waals surface area (Å²) in [6.07, 6.45) is 4.22. The average molecular weight is 394 g/mol. The number of carbonyl (C=O) groups is 1. The van der Waals surface area contributed by atoms with Crippen molar-refractivity contribution in [3.05, 3.63) is 69.5 Å². The monoisotopic (exact) mass is 394 g/mol. The molecule has 3 rings (SSSR count). The van der Waals surface area contributed by atoms with Crippen molar-refractivity contribution in [3.63, 3.8) is 0 Å². The summed E-state index contributed by atoms with van der Waals surface area (Å²) in [6, 6.07) is 5.52. The van der Waals surface area contributed by atoms with Crippen LogP contribution in [0, 0.1) is 20.8 Å². The number of hydrogen-bond acceptors (Lipinski definition) is 7. The minimum atomic E-state index is -0.715. The van der Waals surface area contributed by atoms with Gasteiger partial charge in [-0.25, -0.2) is 14.8 Å². The number of pyridine rings is 1. The number of aromatic nitrogens is 1. The molecular weight excluding hydrogens is 368 g/mol. The molecule has 29 heavy (non-hydrogen) atoms. The maximum absolute atomic E-state index is 11.6. The Morgan fingerprint density at radius 3 is 2.93 bits per heavy atom. The van der Waals surface area contributed by atoms with E-state index in [1.165, 1.54) is 6.20 Å². The van der Waals surface area contributed by atoms with Gasteiger partial charge in [-0.2, -0.15) is 0 Å². The fourth-order valence-electron chi connectivity index (χ4n) is 3.33. The molecule has 0 aliphatic carbocycles. The number of nitrogens with one attached hydrogen (secondary N) is 1. The Morgan fingerprint density at radius 1 is 1.41 bits per heavy atom. The van der Waals surface area contributed by atoms with Crippen LogP contribution in [0.25, 0.3) is 0 Å². The lowest BCUT2D eigenvalue weighted by atomic mass is 9.95. The molecule has 2 heterocycles. The summed E-state index contributed by atoms with van der Waals surface area (Å²) in [6.45, 7) is 6.90. The Kier molecular flexibility index (Phi) is 6.41. The first-order valence-corrected chi connectivity index (χ1v) is 9.47. The summed E-state index contributed by atoms with van der Waals surface area (Å²) in [4.78, 5) is 20.4. The lowest BCUT2D eigenvalue weighted by molar-refractivity contribution is 0.0535. The number of cyclic esters (lactones) is 1. The van der Waals surface area contributed by atoms with Crippen LogP contribution in [-0.2, 0) is 11.3 Å². The van der Waals surface area contributed by atoms with Gasteiger partial charge in [0.1, 0.15) is 6.61 Å². The third-order valence-electron chi connectivity index (χ3n) is 4.99. The smallest absolute Gasteiger partial charge is 0.338 e. The molecule has 152 valence electrons. The summed E-state index contributed by atoms with van der Waals surface area (Å²) in [5.41, 5.74) is 11.7. The average Bonchev–Trinajstić information content (AvgIpc) is 3.07. The highest BCUT2D eigenvalue weighted by Gasteiger charge is 2.25. The van der Waals surface area contributed by atoms with E-state index in [9.17, 15) is 9.90 Å². The minimum absolute atomic E-state index is 0.261. The zero-order valence-corrected chi connectivity index (χ0v) is 16.9. The number of nitrogens with two attached hydrogens (primary N) is 1. The van der Waals surface area contributed by atoms with E-state index in [2.05, 4.69) is 15.3 Å². The molecule has 7 heteroatoms. The number of aliphatic hydroxyl groups is 1. The Balaban J connectivity index is 1.58. The number of ether oxygens (including phenoxy) is 1. The highest BCUT2D eigenvalue weighted by molar-refractivity contribution is 5.94. The van der Waals surface area contributed by atoms with E-state index < -0.39 is 6.10 Å². The molecule has 0 saturated heterocycles. The van der Waals surface area contributed by atoms with Crippen molar-refractivity contribution in [1.29, 1.82) is 0 Å². The number of esters is 1. The van der Waals surface area contributed by atoms with Gasteiger partial charge in [-0.1, -0.05) is 12.1 Å². The first-order chi connectivity index (χ1) is 13.9. The molecule has 1 aromatic carbocycles. The van der Waals surface area contributed by atoms with Gasteiger partial charge >= 0.3 is 5.97 Å². The van der Waals surface area contributed by atoms with Gasteiger partial charge in [-0.3, -0.25) is 0 Å². The molecular formula is C22H26N4O3. The molecule has 0 fully saturated rings. The molecule has 0 bridgehead atoms. The zero-order valence-electron chi connectivity index (χ0n) is 16.9. The summed E-state index contributed by atoms with van der Waals surface area (Å²) in [7, 11) is 0. The molecule has 1 atom stereocenters. The van der Waals surface area contributed by atoms with Crippen LogP contribution in [0.15, 0.2) is 41.2 Å². The van der Waals surface area contributed by atoms with Crippen LogP contribution >= 0.6 is 0 Å². The standard InChI is InChI=1S/C22H26N4O3/c1-13-6-14(2)21(25-8-13)26-10-16(7-23)9-24-11-20(27)17-4-5-18-19(15(17)3)12-29-22(18)28/h4-8,10,20,24,27H,9,11-12,23H2,1-3H3/t20-/m0/s1. The van der Waals surface area contributed by atoms with E-state index in [1.807, 2.05) is 26.8 Å². The molecule has 1 aliphatic heterocycles. The fourth-order valence-corrected chi connectivity index (χ4v) is 3.33. The summed E-state index contributed by atoms with van der Waals surface area (Å²) in [5, 5.41) is 13.8. The number of carbonyl (C=O) groups excluding carboxylic acids is 1. The SMILES string of the molecule is Cc1cnc(N=CC(=CN)CNC[C@H](O)c2ccc3c(c2C)COC3=O)c(C)c1. The Hall–Kier alpha value is -3.03. The number of hydrogen-bond donors (Lipinski definition) is 3. The van der Waals surface area contributed by atoms with Crippen molar-refractivity contribution in [2.24, 2.45) is 10.7 Å². The lowest BCUT2D eigenvalue weighted by Gasteiger charge is -2.16. The number of aryl methyl sites for hydroxylation is 2. The van der Waals surface area contributed by atoms with Crippen LogP contribution in [0.5, 0.6) is 0 Å². The van der Waals surface area contributed by atoms with Gasteiger partial charge in [0, 0.05) is 31.1 Å². The molecule has 2 aromatic rings. The number of fused-ring (bicyclic) bond motifs is 1. The van der Waals surface area contributed by atoms with Crippen LogP contribution in [0.4, 0.5) is 5.82 Å². The largest absolute Gasteiger partial charge is 0.457 e. The van der Waals surface area contributed by atoms with E-state index in [4.69, 9.17) is 10.5 Å². The summed E-state index contributed by atoms with van der Waals surface area (Å²) >= 11 is 0. The molecule has 0 unspecified atom stereocenters. The van der Waals surface area contributed by atoms with E-state index in [-0.39, 0.29) is 12.6 Å². The Labute approximate surface area is 170 Å². The number of benzene rings is 1. The topological polar surface area (TPSA) is 110 Å². The predicted molar refractivity (Wildman–Crippen MR) is 112 cm³/mol. The summed E-state index contributed by atoms with van der Waals surface area (Å²) < 4.78 is 5.07. The van der Waals surface area contributed by atoms with Gasteiger partial charge in [0.05, 0.1) is 11.7 Å². The van der Waals surface area contributed by atoms with Gasteiger partial charge < -0.3 is 20.9 Å². The summed E-state index contributed by atoms with van der Waals surface area (Å²) in [5.74, 6) is 0.345. The quantitative estimate of drug-likeness (QED) is 0.492.